The number of carbonyl (C=O) groups is 1. The Morgan fingerprint density at radius 2 is 2.05 bits per heavy atom. The second-order valence-corrected chi connectivity index (χ2v) is 6.20. The van der Waals surface area contributed by atoms with E-state index in [-0.39, 0.29) is 21.5 Å². The molecule has 0 aliphatic heterocycles. The molecule has 3 nitrogen and oxygen atoms in total. The van der Waals surface area contributed by atoms with Gasteiger partial charge in [-0.25, -0.2) is 14.2 Å². The van der Waals surface area contributed by atoms with E-state index in [0.29, 0.717) is 15.6 Å². The summed E-state index contributed by atoms with van der Waals surface area (Å²) in [5.41, 5.74) is 0.805. The first kappa shape index (κ1) is 14.3. The second-order valence-electron chi connectivity index (χ2n) is 4.25. The van der Waals surface area contributed by atoms with Gasteiger partial charge in [0.2, 0.25) is 0 Å². The number of pyridine rings is 1. The summed E-state index contributed by atoms with van der Waals surface area (Å²) in [6.07, 6.45) is 0. The maximum atomic E-state index is 14.0. The molecule has 0 aliphatic rings. The van der Waals surface area contributed by atoms with Gasteiger partial charge in [-0.3, -0.25) is 0 Å². The Labute approximate surface area is 132 Å². The summed E-state index contributed by atoms with van der Waals surface area (Å²) >= 11 is 13.1. The first-order valence-electron chi connectivity index (χ1n) is 5.74. The summed E-state index contributed by atoms with van der Waals surface area (Å²) in [4.78, 5) is 15.6. The van der Waals surface area contributed by atoms with Gasteiger partial charge in [0.05, 0.1) is 20.6 Å². The highest BCUT2D eigenvalue weighted by molar-refractivity contribution is 7.14. The summed E-state index contributed by atoms with van der Waals surface area (Å²) in [6.45, 7) is 0. The summed E-state index contributed by atoms with van der Waals surface area (Å²) < 4.78 is 14.5. The van der Waals surface area contributed by atoms with E-state index in [1.165, 1.54) is 23.5 Å². The van der Waals surface area contributed by atoms with Crippen molar-refractivity contribution >= 4 is 51.4 Å². The van der Waals surface area contributed by atoms with Crippen LogP contribution in [0.25, 0.3) is 22.2 Å². The van der Waals surface area contributed by atoms with Crippen molar-refractivity contribution in [1.29, 1.82) is 0 Å². The number of halogens is 3. The largest absolute Gasteiger partial charge is 0.478 e. The van der Waals surface area contributed by atoms with E-state index in [1.807, 2.05) is 0 Å². The lowest BCUT2D eigenvalue weighted by molar-refractivity contribution is 0.0699. The molecule has 3 rings (SSSR count). The Hall–Kier alpha value is -1.69. The van der Waals surface area contributed by atoms with Gasteiger partial charge >= 0.3 is 5.97 Å². The third-order valence-electron chi connectivity index (χ3n) is 2.95. The van der Waals surface area contributed by atoms with E-state index in [9.17, 15) is 14.3 Å². The van der Waals surface area contributed by atoms with Gasteiger partial charge in [-0.2, -0.15) is 0 Å². The summed E-state index contributed by atoms with van der Waals surface area (Å²) in [5, 5.41) is 11.3. The Kier molecular flexibility index (Phi) is 3.57. The Morgan fingerprint density at radius 3 is 2.67 bits per heavy atom. The van der Waals surface area contributed by atoms with Crippen LogP contribution in [0.2, 0.25) is 9.36 Å². The van der Waals surface area contributed by atoms with Crippen molar-refractivity contribution in [2.24, 2.45) is 0 Å². The number of aromatic nitrogens is 1. The number of aromatic carboxylic acids is 1. The molecule has 0 unspecified atom stereocenters. The third-order valence-corrected chi connectivity index (χ3v) is 4.36. The number of rotatable bonds is 2. The maximum absolute atomic E-state index is 14.0. The van der Waals surface area contributed by atoms with Crippen molar-refractivity contribution in [3.8, 4) is 11.3 Å². The molecule has 0 fully saturated rings. The minimum atomic E-state index is -1.20. The maximum Gasteiger partial charge on any atom is 0.336 e. The van der Waals surface area contributed by atoms with Crippen LogP contribution < -0.4 is 0 Å². The predicted octanol–water partition coefficient (Wildman–Crippen LogP) is 5.11. The van der Waals surface area contributed by atoms with Crippen molar-refractivity contribution in [1.82, 2.24) is 4.98 Å². The van der Waals surface area contributed by atoms with Crippen LogP contribution in [0.4, 0.5) is 4.39 Å². The van der Waals surface area contributed by atoms with Crippen LogP contribution >= 0.6 is 34.5 Å². The van der Waals surface area contributed by atoms with E-state index >= 15 is 0 Å². The van der Waals surface area contributed by atoms with E-state index in [0.717, 1.165) is 6.07 Å². The van der Waals surface area contributed by atoms with E-state index in [2.05, 4.69) is 4.98 Å². The summed E-state index contributed by atoms with van der Waals surface area (Å²) in [6, 6.07) is 5.49. The Bertz CT molecular complexity index is 879. The van der Waals surface area contributed by atoms with Gasteiger partial charge < -0.3 is 5.11 Å². The first-order valence-corrected chi connectivity index (χ1v) is 7.37. The van der Waals surface area contributed by atoms with Gasteiger partial charge in [0.25, 0.3) is 0 Å². The van der Waals surface area contributed by atoms with Crippen molar-refractivity contribution in [2.45, 2.75) is 0 Å². The van der Waals surface area contributed by atoms with Gasteiger partial charge in [0, 0.05) is 16.3 Å². The smallest absolute Gasteiger partial charge is 0.336 e. The number of fused-ring (bicyclic) bond motifs is 1. The third kappa shape index (κ3) is 2.48. The highest BCUT2D eigenvalue weighted by Crippen LogP contribution is 2.33. The van der Waals surface area contributed by atoms with Gasteiger partial charge in [-0.05, 0) is 24.3 Å². The number of hydrogen-bond acceptors (Lipinski definition) is 3. The van der Waals surface area contributed by atoms with Crippen molar-refractivity contribution in [3.05, 3.63) is 50.4 Å². The fourth-order valence-electron chi connectivity index (χ4n) is 2.03. The highest BCUT2D eigenvalue weighted by atomic mass is 35.5. The van der Waals surface area contributed by atoms with E-state index in [4.69, 9.17) is 23.2 Å². The number of thiophene rings is 1. The summed E-state index contributed by atoms with van der Waals surface area (Å²) in [7, 11) is 0. The Morgan fingerprint density at radius 1 is 1.29 bits per heavy atom. The van der Waals surface area contributed by atoms with Crippen molar-refractivity contribution < 1.29 is 14.3 Å². The SMILES string of the molecule is O=C(O)c1cc(-c2csc(Cl)c2)nc2c(F)ccc(Cl)c12. The molecule has 7 heteroatoms. The lowest BCUT2D eigenvalue weighted by atomic mass is 10.1. The molecule has 0 saturated carbocycles. The van der Waals surface area contributed by atoms with Crippen LogP contribution in [0.15, 0.2) is 29.6 Å². The van der Waals surface area contributed by atoms with Crippen LogP contribution in [-0.2, 0) is 0 Å². The molecule has 3 aromatic rings. The molecule has 21 heavy (non-hydrogen) atoms. The topological polar surface area (TPSA) is 50.2 Å². The monoisotopic (exact) mass is 341 g/mol. The van der Waals surface area contributed by atoms with Crippen LogP contribution in [0.5, 0.6) is 0 Å². The zero-order chi connectivity index (χ0) is 15.1. The summed E-state index contributed by atoms with van der Waals surface area (Å²) in [5.74, 6) is -1.82. The Balaban J connectivity index is 2.40. The van der Waals surface area contributed by atoms with Crippen LogP contribution in [0.3, 0.4) is 0 Å². The molecular weight excluding hydrogens is 336 g/mol. The van der Waals surface area contributed by atoms with Gasteiger partial charge in [-0.15, -0.1) is 11.3 Å². The van der Waals surface area contributed by atoms with Crippen molar-refractivity contribution in [3.63, 3.8) is 0 Å². The molecule has 0 bridgehead atoms. The fourth-order valence-corrected chi connectivity index (χ4v) is 3.16. The molecule has 0 radical (unpaired) electrons. The standard InChI is InChI=1S/C14H6Cl2FNO2S/c15-8-1-2-9(17)13-12(8)7(14(19)20)4-10(18-13)6-3-11(16)21-5-6/h1-5H,(H,19,20). The molecule has 0 spiro atoms. The van der Waals surface area contributed by atoms with Crippen molar-refractivity contribution in [2.75, 3.05) is 0 Å². The fraction of sp³-hybridized carbons (Fsp3) is 0. The predicted molar refractivity (Wildman–Crippen MR) is 82.0 cm³/mol. The van der Waals surface area contributed by atoms with Crippen LogP contribution in [0, 0.1) is 5.82 Å². The minimum Gasteiger partial charge on any atom is -0.478 e. The lowest BCUT2D eigenvalue weighted by Gasteiger charge is -2.08. The van der Waals surface area contributed by atoms with Gasteiger partial charge in [0.15, 0.2) is 0 Å². The number of carboxylic acid groups (broad SMARTS) is 1. The molecule has 0 aliphatic carbocycles. The molecule has 0 amide bonds. The zero-order valence-electron chi connectivity index (χ0n) is 10.2. The molecule has 1 N–H and O–H groups in total. The number of nitrogens with zero attached hydrogens (tertiary/aromatic N) is 1. The lowest BCUT2D eigenvalue weighted by Crippen LogP contribution is -2.01. The molecule has 1 aromatic carbocycles. The molecule has 106 valence electrons. The average molecular weight is 342 g/mol. The number of carboxylic acids is 1. The minimum absolute atomic E-state index is 0.0697. The molecule has 2 heterocycles. The van der Waals surface area contributed by atoms with Gasteiger partial charge in [-0.1, -0.05) is 23.2 Å². The zero-order valence-corrected chi connectivity index (χ0v) is 12.6. The molecule has 0 atom stereocenters. The second kappa shape index (κ2) is 5.26. The molecule has 2 aromatic heterocycles. The van der Waals surface area contributed by atoms with Crippen LogP contribution in [0.1, 0.15) is 10.4 Å². The van der Waals surface area contributed by atoms with E-state index < -0.39 is 11.8 Å². The number of benzene rings is 1. The van der Waals surface area contributed by atoms with Gasteiger partial charge in [0.1, 0.15) is 11.3 Å². The normalized spacial score (nSPS) is 11.0. The van der Waals surface area contributed by atoms with Crippen LogP contribution in [-0.4, -0.2) is 16.1 Å². The number of hydrogen-bond donors (Lipinski definition) is 1. The van der Waals surface area contributed by atoms with E-state index in [1.54, 1.807) is 11.4 Å². The average Bonchev–Trinajstić information content (AvgIpc) is 2.88. The quantitative estimate of drug-likeness (QED) is 0.704. The first-order chi connectivity index (χ1) is 9.97. The highest BCUT2D eigenvalue weighted by Gasteiger charge is 2.18. The molecular formula is C14H6Cl2FNO2S. The molecule has 0 saturated heterocycles.